The molecule has 0 rings (SSSR count). The Bertz CT molecular complexity index is 37.2. The molecule has 0 aliphatic rings. The molecular formula is C2H27NaO14. The molecule has 0 aromatic rings. The average molecular weight is 298 g/mol. The minimum absolute atomic E-state index is 0. The Balaban J connectivity index is -0.000000000577. The van der Waals surface area contributed by atoms with Gasteiger partial charge in [-0.3, -0.25) is 0 Å². The van der Waals surface area contributed by atoms with Crippen LogP contribution in [0, 0.1) is 0 Å². The van der Waals surface area contributed by atoms with E-state index in [-0.39, 0.29) is 95.3 Å². The Kier molecular flexibility index (Phi) is 11500. The fourth-order valence-corrected chi connectivity index (χ4v) is 0. The molecule has 0 fully saturated rings. The van der Waals surface area contributed by atoms with E-state index in [1.165, 1.54) is 0 Å². The van der Waals surface area contributed by atoms with Crippen molar-refractivity contribution in [3.8, 4) is 0 Å². The molecule has 0 aromatic heterocycles. The number of rotatable bonds is 0. The van der Waals surface area contributed by atoms with Crippen LogP contribution in [0.25, 0.3) is 0 Å². The zero-order valence-electron chi connectivity index (χ0n) is 9.32. The molecule has 0 bridgehead atoms. The largest absolute Gasteiger partial charge is 1.00 e. The summed E-state index contributed by atoms with van der Waals surface area (Å²) in [6.07, 6.45) is 0. The van der Waals surface area contributed by atoms with Crippen LogP contribution in [-0.4, -0.2) is 71.7 Å². The van der Waals surface area contributed by atoms with Crippen LogP contribution in [-0.2, 0) is 4.79 Å². The van der Waals surface area contributed by atoms with E-state index in [4.69, 9.17) is 9.90 Å². The number of aliphatic carboxylic acids is 1. The summed E-state index contributed by atoms with van der Waals surface area (Å²) in [5, 5.41) is 8.89. The molecule has 0 aromatic carbocycles. The van der Waals surface area contributed by atoms with Crippen molar-refractivity contribution >= 4 is 5.97 Å². The van der Waals surface area contributed by atoms with Crippen LogP contribution in [0.15, 0.2) is 0 Å². The van der Waals surface area contributed by atoms with E-state index >= 15 is 0 Å². The first-order valence-electron chi connectivity index (χ1n) is 0.908. The van der Waals surface area contributed by atoms with E-state index in [0.29, 0.717) is 0 Å². The molecule has 0 atom stereocenters. The molecule has 24 N–H and O–H groups in total. The van der Waals surface area contributed by atoms with E-state index in [1.807, 2.05) is 0 Å². The van der Waals surface area contributed by atoms with Gasteiger partial charge in [0.25, 0.3) is 0 Å². The molecule has 15 heteroatoms. The van der Waals surface area contributed by atoms with Crippen LogP contribution in [0.5, 0.6) is 0 Å². The van der Waals surface area contributed by atoms with Gasteiger partial charge in [0.05, 0.1) is 0 Å². The summed E-state index contributed by atoms with van der Waals surface area (Å²) in [7, 11) is 0. The second-order valence-corrected chi connectivity index (χ2v) is 0.492. The SMILES string of the molecule is CC(=O)[O-].O.O.O.O.O.O.O.O.O.O.O.O.[Na+]. The van der Waals surface area contributed by atoms with Gasteiger partial charge in [-0.05, 0) is 6.92 Å². The molecule has 17 heavy (non-hydrogen) atoms. The predicted molar refractivity (Wildman–Crippen MR) is 54.0 cm³/mol. The number of hydrogen-bond acceptors (Lipinski definition) is 2. The Labute approximate surface area is 118 Å². The standard InChI is InChI=1S/C2H4O2.Na.12H2O/c1-2(3)4;;;;;;;;;;;;;/h1H3,(H,3,4);;12*1H2/q;+1;;;;;;;;;;;;/p-1. The van der Waals surface area contributed by atoms with Crippen LogP contribution in [0.3, 0.4) is 0 Å². The topological polar surface area (TPSA) is 418 Å². The molecule has 120 valence electrons. The zero-order valence-corrected chi connectivity index (χ0v) is 11.3. The van der Waals surface area contributed by atoms with Crippen molar-refractivity contribution in [2.24, 2.45) is 0 Å². The minimum atomic E-state index is -1.08. The molecule has 0 aliphatic heterocycles. The average Bonchev–Trinajstić information content (AvgIpc) is 0.811. The van der Waals surface area contributed by atoms with Crippen LogP contribution in [0.2, 0.25) is 0 Å². The van der Waals surface area contributed by atoms with Crippen molar-refractivity contribution in [1.29, 1.82) is 0 Å². The van der Waals surface area contributed by atoms with E-state index in [0.717, 1.165) is 6.92 Å². The minimum Gasteiger partial charge on any atom is -0.550 e. The number of hydrogen-bond donors (Lipinski definition) is 0. The molecule has 0 heterocycles. The van der Waals surface area contributed by atoms with Crippen molar-refractivity contribution in [2.75, 3.05) is 0 Å². The van der Waals surface area contributed by atoms with E-state index < -0.39 is 5.97 Å². The Morgan fingerprint density at radius 2 is 0.588 bits per heavy atom. The summed E-state index contributed by atoms with van der Waals surface area (Å²) in [5.41, 5.74) is 0. The van der Waals surface area contributed by atoms with Gasteiger partial charge in [-0.15, -0.1) is 0 Å². The van der Waals surface area contributed by atoms with Crippen molar-refractivity contribution in [3.63, 3.8) is 0 Å². The molecule has 0 spiro atoms. The fourth-order valence-electron chi connectivity index (χ4n) is 0. The van der Waals surface area contributed by atoms with Crippen LogP contribution in [0.1, 0.15) is 6.92 Å². The third-order valence-electron chi connectivity index (χ3n) is 0. The summed E-state index contributed by atoms with van der Waals surface area (Å²) in [4.78, 5) is 8.89. The van der Waals surface area contributed by atoms with Gasteiger partial charge in [-0.25, -0.2) is 0 Å². The van der Waals surface area contributed by atoms with Crippen molar-refractivity contribution < 1.29 is 105 Å². The summed E-state index contributed by atoms with van der Waals surface area (Å²) in [6.45, 7) is 0.972. The molecule has 0 amide bonds. The van der Waals surface area contributed by atoms with Gasteiger partial charge >= 0.3 is 29.6 Å². The van der Waals surface area contributed by atoms with E-state index in [9.17, 15) is 0 Å². The van der Waals surface area contributed by atoms with Crippen molar-refractivity contribution in [3.05, 3.63) is 0 Å². The third-order valence-corrected chi connectivity index (χ3v) is 0. The first-order valence-corrected chi connectivity index (χ1v) is 0.908. The Hall–Kier alpha value is -0.0100. The monoisotopic (exact) mass is 298 g/mol. The van der Waals surface area contributed by atoms with Gasteiger partial charge in [0.1, 0.15) is 0 Å². The van der Waals surface area contributed by atoms with Gasteiger partial charge in [0.15, 0.2) is 0 Å². The second-order valence-electron chi connectivity index (χ2n) is 0.492. The summed E-state index contributed by atoms with van der Waals surface area (Å²) >= 11 is 0. The molecular weight excluding hydrogens is 271 g/mol. The Morgan fingerprint density at radius 3 is 0.588 bits per heavy atom. The van der Waals surface area contributed by atoms with Gasteiger partial charge < -0.3 is 75.6 Å². The maximum atomic E-state index is 8.89. The maximum Gasteiger partial charge on any atom is 1.00 e. The maximum absolute atomic E-state index is 8.89. The van der Waals surface area contributed by atoms with E-state index in [2.05, 4.69) is 0 Å². The Morgan fingerprint density at radius 1 is 0.588 bits per heavy atom. The van der Waals surface area contributed by atoms with Crippen molar-refractivity contribution in [1.82, 2.24) is 0 Å². The molecule has 0 unspecified atom stereocenters. The molecule has 0 saturated carbocycles. The normalized spacial score (nSPS) is 1.47. The van der Waals surface area contributed by atoms with Gasteiger partial charge in [0.2, 0.25) is 0 Å². The number of carbonyl (C=O) groups is 1. The molecule has 14 nitrogen and oxygen atoms in total. The van der Waals surface area contributed by atoms with E-state index in [1.54, 1.807) is 0 Å². The fraction of sp³-hybridized carbons (Fsp3) is 0.500. The number of carbonyl (C=O) groups excluding carboxylic acids is 1. The van der Waals surface area contributed by atoms with Crippen LogP contribution < -0.4 is 34.7 Å². The molecule has 0 saturated heterocycles. The van der Waals surface area contributed by atoms with Gasteiger partial charge in [0, 0.05) is 5.97 Å². The quantitative estimate of drug-likeness (QED) is 0.392. The molecule has 0 radical (unpaired) electrons. The zero-order chi connectivity index (χ0) is 3.58. The second kappa shape index (κ2) is 402. The smallest absolute Gasteiger partial charge is 0.550 e. The first-order chi connectivity index (χ1) is 1.73. The van der Waals surface area contributed by atoms with Gasteiger partial charge in [-0.1, -0.05) is 0 Å². The summed E-state index contributed by atoms with van der Waals surface area (Å²) < 4.78 is 0. The van der Waals surface area contributed by atoms with Crippen molar-refractivity contribution in [2.45, 2.75) is 6.92 Å². The third kappa shape index (κ3) is 31300000. The van der Waals surface area contributed by atoms with Gasteiger partial charge in [-0.2, -0.15) is 0 Å². The summed E-state index contributed by atoms with van der Waals surface area (Å²) in [5.74, 6) is -1.08. The number of carboxylic acids is 1. The molecule has 0 aliphatic carbocycles. The van der Waals surface area contributed by atoms with Crippen LogP contribution >= 0.6 is 0 Å². The number of carboxylic acid groups (broad SMARTS) is 1. The predicted octanol–water partition coefficient (Wildman–Crippen LogP) is -14.1. The van der Waals surface area contributed by atoms with Crippen LogP contribution in [0.4, 0.5) is 0 Å². The summed E-state index contributed by atoms with van der Waals surface area (Å²) in [6, 6.07) is 0. The first kappa shape index (κ1) is 486.